The molecule has 38 heavy (non-hydrogen) atoms. The second kappa shape index (κ2) is 9.98. The van der Waals surface area contributed by atoms with Crippen molar-refractivity contribution in [3.05, 3.63) is 24.8 Å². The molecule has 5 aliphatic rings. The van der Waals surface area contributed by atoms with Crippen molar-refractivity contribution in [3.63, 3.8) is 0 Å². The Morgan fingerprint density at radius 1 is 0.947 bits per heavy atom. The summed E-state index contributed by atoms with van der Waals surface area (Å²) >= 11 is 1.49. The highest BCUT2D eigenvalue weighted by atomic mass is 32.2. The molecule has 5 aliphatic carbocycles. The minimum absolute atomic E-state index is 0.214. The van der Waals surface area contributed by atoms with E-state index < -0.39 is 0 Å². The van der Waals surface area contributed by atoms with E-state index in [1.807, 2.05) is 6.08 Å². The van der Waals surface area contributed by atoms with Crippen LogP contribution in [0.2, 0.25) is 0 Å². The Morgan fingerprint density at radius 2 is 1.71 bits per heavy atom. The van der Waals surface area contributed by atoms with E-state index in [-0.39, 0.29) is 5.41 Å². The fourth-order valence-corrected chi connectivity index (χ4v) is 13.1. The molecule has 0 radical (unpaired) electrons. The van der Waals surface area contributed by atoms with Gasteiger partial charge in [-0.1, -0.05) is 52.8 Å². The highest BCUT2D eigenvalue weighted by molar-refractivity contribution is 8.03. The van der Waals surface area contributed by atoms with Crippen LogP contribution in [0.3, 0.4) is 0 Å². The molecule has 0 aromatic carbocycles. The normalized spacial score (nSPS) is 49.1. The average Bonchev–Trinajstić information content (AvgIpc) is 3.24. The Kier molecular flexibility index (Phi) is 7.56. The molecule has 0 N–H and O–H groups in total. The lowest BCUT2D eigenvalue weighted by Crippen LogP contribution is -2.66. The summed E-state index contributed by atoms with van der Waals surface area (Å²) in [5.74, 6) is 4.78. The minimum Gasteiger partial charge on any atom is -0.374 e. The molecule has 212 valence electrons. The van der Waals surface area contributed by atoms with Gasteiger partial charge in [-0.25, -0.2) is 0 Å². The maximum Gasteiger partial charge on any atom is 0.133 e. The van der Waals surface area contributed by atoms with Crippen molar-refractivity contribution in [2.45, 2.75) is 118 Å². The highest BCUT2D eigenvalue weighted by Gasteiger charge is 2.70. The van der Waals surface area contributed by atoms with Gasteiger partial charge < -0.3 is 4.74 Å². The molecular formula is C35H55NOS. The predicted molar refractivity (Wildman–Crippen MR) is 162 cm³/mol. The first-order valence-electron chi connectivity index (χ1n) is 15.8. The number of fused-ring (bicyclic) bond motifs is 7. The summed E-state index contributed by atoms with van der Waals surface area (Å²) in [6.07, 6.45) is 17.0. The van der Waals surface area contributed by atoms with Crippen LogP contribution >= 0.6 is 11.8 Å². The van der Waals surface area contributed by atoms with Gasteiger partial charge in [0.1, 0.15) is 5.40 Å². The van der Waals surface area contributed by atoms with Gasteiger partial charge in [0.15, 0.2) is 0 Å². The third-order valence-corrected chi connectivity index (χ3v) is 14.9. The molecule has 0 saturated heterocycles. The molecule has 0 spiro atoms. The summed E-state index contributed by atoms with van der Waals surface area (Å²) in [4.78, 5) is 0. The summed E-state index contributed by atoms with van der Waals surface area (Å²) in [6.45, 7) is 24.7. The lowest BCUT2D eigenvalue weighted by Gasteiger charge is -2.73. The van der Waals surface area contributed by atoms with E-state index in [4.69, 9.17) is 4.74 Å². The third kappa shape index (κ3) is 3.96. The minimum atomic E-state index is 0.214. The Morgan fingerprint density at radius 3 is 2.39 bits per heavy atom. The largest absolute Gasteiger partial charge is 0.374 e. The fourth-order valence-electron chi connectivity index (χ4n) is 12.5. The lowest BCUT2D eigenvalue weighted by molar-refractivity contribution is -0.250. The van der Waals surface area contributed by atoms with Crippen molar-refractivity contribution in [1.29, 1.82) is 5.26 Å². The molecule has 0 unspecified atom stereocenters. The molecular weight excluding hydrogens is 482 g/mol. The average molecular weight is 538 g/mol. The van der Waals surface area contributed by atoms with Crippen molar-refractivity contribution in [3.8, 4) is 5.40 Å². The number of hydrogen-bond donors (Lipinski definition) is 0. The van der Waals surface area contributed by atoms with Crippen LogP contribution in [-0.2, 0) is 4.74 Å². The standard InChI is InChI=1S/C35H55NOS/c1-9-21-37-29-14-15-32(6)27(31(29,4)5)13-16-34(8)28(32)11-10-26-30-25(24(2)3)12-17-35(30,20-22-38-23-36)19-18-33(26,34)7/h9,25-30H,1-2,10-22H2,3-8H3/t25-,26+,27-,28+,29-,30+,32-,33+,34+,35+/m0/s1. The number of thioether (sulfide) groups is 1. The van der Waals surface area contributed by atoms with E-state index in [2.05, 4.69) is 60.1 Å². The summed E-state index contributed by atoms with van der Waals surface area (Å²) < 4.78 is 6.39. The summed E-state index contributed by atoms with van der Waals surface area (Å²) in [5.41, 5.74) is 3.29. The first kappa shape index (κ1) is 28.8. The molecule has 0 amide bonds. The van der Waals surface area contributed by atoms with Crippen LogP contribution in [0.25, 0.3) is 0 Å². The van der Waals surface area contributed by atoms with Crippen LogP contribution in [0.4, 0.5) is 0 Å². The Labute approximate surface area is 238 Å². The molecule has 10 atom stereocenters. The molecule has 3 heteroatoms. The van der Waals surface area contributed by atoms with Crippen LogP contribution in [0.15, 0.2) is 24.8 Å². The molecule has 0 bridgehead atoms. The number of thiocyanates is 1. The van der Waals surface area contributed by atoms with E-state index in [0.29, 0.717) is 40.3 Å². The highest BCUT2D eigenvalue weighted by Crippen LogP contribution is 2.78. The molecule has 5 fully saturated rings. The molecule has 0 aliphatic heterocycles. The maximum absolute atomic E-state index is 9.27. The fraction of sp³-hybridized carbons (Fsp3) is 0.857. The van der Waals surface area contributed by atoms with Crippen LogP contribution in [0, 0.1) is 67.3 Å². The van der Waals surface area contributed by atoms with Gasteiger partial charge in [0.05, 0.1) is 12.7 Å². The first-order valence-corrected chi connectivity index (χ1v) is 16.8. The van der Waals surface area contributed by atoms with Crippen molar-refractivity contribution in [2.24, 2.45) is 56.7 Å². The smallest absolute Gasteiger partial charge is 0.133 e. The van der Waals surface area contributed by atoms with Crippen LogP contribution < -0.4 is 0 Å². The SMILES string of the molecule is C=CCO[C@H]1CC[C@]2(C)[C@H]3CC[C@@H]4[C@H]5[C@H](C(=C)C)CC[C@]5(CCSC#N)CC[C@@]4(C)[C@]3(C)CC[C@H]2C1(C)C. The number of ether oxygens (including phenoxy) is 1. The zero-order valence-electron chi connectivity index (χ0n) is 25.4. The van der Waals surface area contributed by atoms with Gasteiger partial charge in [-0.3, -0.25) is 0 Å². The third-order valence-electron chi connectivity index (χ3n) is 14.4. The molecule has 0 aromatic heterocycles. The van der Waals surface area contributed by atoms with Gasteiger partial charge in [-0.2, -0.15) is 5.26 Å². The second-order valence-corrected chi connectivity index (χ2v) is 16.6. The van der Waals surface area contributed by atoms with Gasteiger partial charge >= 0.3 is 0 Å². The van der Waals surface area contributed by atoms with Gasteiger partial charge in [-0.05, 0) is 146 Å². The monoisotopic (exact) mass is 537 g/mol. The van der Waals surface area contributed by atoms with Crippen molar-refractivity contribution < 1.29 is 4.74 Å². The van der Waals surface area contributed by atoms with Crippen LogP contribution in [-0.4, -0.2) is 18.5 Å². The molecule has 0 heterocycles. The zero-order valence-corrected chi connectivity index (χ0v) is 26.2. The Bertz CT molecular complexity index is 981. The number of nitriles is 1. The second-order valence-electron chi connectivity index (χ2n) is 15.7. The molecule has 2 nitrogen and oxygen atoms in total. The molecule has 0 aromatic rings. The number of rotatable bonds is 7. The van der Waals surface area contributed by atoms with E-state index in [0.717, 1.165) is 29.4 Å². The Balaban J connectivity index is 1.47. The summed E-state index contributed by atoms with van der Waals surface area (Å²) in [7, 11) is 0. The van der Waals surface area contributed by atoms with Gasteiger partial charge in [0, 0.05) is 5.75 Å². The van der Waals surface area contributed by atoms with Crippen molar-refractivity contribution in [1.82, 2.24) is 0 Å². The van der Waals surface area contributed by atoms with E-state index >= 15 is 0 Å². The predicted octanol–water partition coefficient (Wildman–Crippen LogP) is 9.82. The van der Waals surface area contributed by atoms with Crippen LogP contribution in [0.1, 0.15) is 112 Å². The molecule has 5 rings (SSSR count). The summed E-state index contributed by atoms with van der Waals surface area (Å²) in [6, 6.07) is 0. The number of allylic oxidation sites excluding steroid dienone is 1. The van der Waals surface area contributed by atoms with E-state index in [1.54, 1.807) is 0 Å². The zero-order chi connectivity index (χ0) is 27.6. The van der Waals surface area contributed by atoms with Crippen LogP contribution in [0.5, 0.6) is 0 Å². The van der Waals surface area contributed by atoms with Crippen molar-refractivity contribution in [2.75, 3.05) is 12.4 Å². The van der Waals surface area contributed by atoms with Gasteiger partial charge in [0.25, 0.3) is 0 Å². The summed E-state index contributed by atoms with van der Waals surface area (Å²) in [5, 5.41) is 11.6. The lowest BCUT2D eigenvalue weighted by atomic mass is 9.32. The topological polar surface area (TPSA) is 33.0 Å². The van der Waals surface area contributed by atoms with E-state index in [1.165, 1.54) is 88.0 Å². The quantitative estimate of drug-likeness (QED) is 0.184. The van der Waals surface area contributed by atoms with Gasteiger partial charge in [0.2, 0.25) is 0 Å². The first-order chi connectivity index (χ1) is 17.9. The van der Waals surface area contributed by atoms with Crippen molar-refractivity contribution >= 4 is 11.8 Å². The maximum atomic E-state index is 9.27. The molecule has 5 saturated carbocycles. The Hall–Kier alpha value is -0.720. The van der Waals surface area contributed by atoms with E-state index in [9.17, 15) is 5.26 Å². The number of nitrogens with zero attached hydrogens (tertiary/aromatic N) is 1. The van der Waals surface area contributed by atoms with Gasteiger partial charge in [-0.15, -0.1) is 6.58 Å². The number of hydrogen-bond acceptors (Lipinski definition) is 3.